The van der Waals surface area contributed by atoms with Gasteiger partial charge in [-0.25, -0.2) is 4.98 Å². The van der Waals surface area contributed by atoms with Crippen molar-refractivity contribution in [1.29, 1.82) is 0 Å². The second-order valence-corrected chi connectivity index (χ2v) is 5.72. The summed E-state index contributed by atoms with van der Waals surface area (Å²) in [4.78, 5) is 21.9. The zero-order valence-corrected chi connectivity index (χ0v) is 12.5. The van der Waals surface area contributed by atoms with Crippen molar-refractivity contribution >= 4 is 5.91 Å². The zero-order chi connectivity index (χ0) is 14.8. The normalized spacial score (nSPS) is 18.4. The smallest absolute Gasteiger partial charge is 0.222 e. The van der Waals surface area contributed by atoms with Gasteiger partial charge in [0.1, 0.15) is 5.82 Å². The van der Waals surface area contributed by atoms with Crippen LogP contribution < -0.4 is 0 Å². The lowest BCUT2D eigenvalue weighted by atomic mass is 10.1. The molecule has 112 valence electrons. The van der Waals surface area contributed by atoms with Gasteiger partial charge in [0.15, 0.2) is 0 Å². The molecule has 2 aromatic rings. The molecule has 1 aliphatic heterocycles. The Labute approximate surface area is 124 Å². The first-order valence-corrected chi connectivity index (χ1v) is 7.39. The Bertz CT molecular complexity index is 630. The van der Waals surface area contributed by atoms with Crippen LogP contribution in [0.1, 0.15) is 36.0 Å². The number of aromatic nitrogens is 4. The lowest BCUT2D eigenvalue weighted by Crippen LogP contribution is -2.28. The second-order valence-electron chi connectivity index (χ2n) is 5.72. The minimum atomic E-state index is 0.224. The van der Waals surface area contributed by atoms with E-state index in [1.165, 1.54) is 0 Å². The van der Waals surface area contributed by atoms with E-state index in [1.54, 1.807) is 6.20 Å². The molecule has 6 heteroatoms. The van der Waals surface area contributed by atoms with E-state index in [9.17, 15) is 4.79 Å². The van der Waals surface area contributed by atoms with Gasteiger partial charge in [0.25, 0.3) is 0 Å². The molecule has 1 N–H and O–H groups in total. The van der Waals surface area contributed by atoms with Crippen LogP contribution in [0.25, 0.3) is 0 Å². The van der Waals surface area contributed by atoms with Crippen molar-refractivity contribution in [2.45, 2.75) is 32.1 Å². The maximum absolute atomic E-state index is 12.3. The summed E-state index contributed by atoms with van der Waals surface area (Å²) in [6, 6.07) is 1.96. The van der Waals surface area contributed by atoms with E-state index in [-0.39, 0.29) is 5.91 Å². The molecular formula is C15H21N5O. The molecule has 0 saturated carbocycles. The van der Waals surface area contributed by atoms with E-state index in [0.29, 0.717) is 12.3 Å². The standard InChI is InChI=1S/C15H21N5O/c1-11-9-16-15(18-11)12-6-8-20(10-12)14(21)4-3-13-5-7-17-19(13)2/h5,7,9,12H,3-4,6,8,10H2,1-2H3,(H,16,18)/t12-/m0/s1. The summed E-state index contributed by atoms with van der Waals surface area (Å²) in [5.41, 5.74) is 2.17. The van der Waals surface area contributed by atoms with Crippen LogP contribution in [0.5, 0.6) is 0 Å². The Kier molecular flexibility index (Phi) is 3.77. The van der Waals surface area contributed by atoms with E-state index in [1.807, 2.05) is 35.8 Å². The number of nitrogens with zero attached hydrogens (tertiary/aromatic N) is 4. The van der Waals surface area contributed by atoms with Crippen LogP contribution in [-0.2, 0) is 18.3 Å². The van der Waals surface area contributed by atoms with Crippen molar-refractivity contribution in [3.63, 3.8) is 0 Å². The quantitative estimate of drug-likeness (QED) is 0.924. The van der Waals surface area contributed by atoms with Gasteiger partial charge in [-0.1, -0.05) is 0 Å². The largest absolute Gasteiger partial charge is 0.346 e. The molecule has 21 heavy (non-hydrogen) atoms. The highest BCUT2D eigenvalue weighted by Gasteiger charge is 2.28. The highest BCUT2D eigenvalue weighted by atomic mass is 16.2. The Balaban J connectivity index is 1.53. The van der Waals surface area contributed by atoms with Crippen molar-refractivity contribution in [3.8, 4) is 0 Å². The van der Waals surface area contributed by atoms with Gasteiger partial charge in [0.2, 0.25) is 5.91 Å². The summed E-state index contributed by atoms with van der Waals surface area (Å²) in [5, 5.41) is 4.13. The molecule has 0 bridgehead atoms. The highest BCUT2D eigenvalue weighted by molar-refractivity contribution is 5.76. The minimum Gasteiger partial charge on any atom is -0.346 e. The molecule has 0 unspecified atom stereocenters. The van der Waals surface area contributed by atoms with E-state index in [2.05, 4.69) is 15.1 Å². The molecule has 6 nitrogen and oxygen atoms in total. The van der Waals surface area contributed by atoms with Crippen LogP contribution in [0.15, 0.2) is 18.5 Å². The molecule has 2 aromatic heterocycles. The Hall–Kier alpha value is -2.11. The predicted octanol–water partition coefficient (Wildman–Crippen LogP) is 1.40. The van der Waals surface area contributed by atoms with Crippen molar-refractivity contribution < 1.29 is 4.79 Å². The number of hydrogen-bond donors (Lipinski definition) is 1. The Morgan fingerprint density at radius 1 is 1.52 bits per heavy atom. The molecule has 1 amide bonds. The molecule has 0 spiro atoms. The van der Waals surface area contributed by atoms with Crippen molar-refractivity contribution in [3.05, 3.63) is 35.7 Å². The summed E-state index contributed by atoms with van der Waals surface area (Å²) < 4.78 is 1.83. The van der Waals surface area contributed by atoms with Gasteiger partial charge in [-0.3, -0.25) is 9.48 Å². The van der Waals surface area contributed by atoms with E-state index in [0.717, 1.165) is 43.1 Å². The highest BCUT2D eigenvalue weighted by Crippen LogP contribution is 2.25. The summed E-state index contributed by atoms with van der Waals surface area (Å²) >= 11 is 0. The number of likely N-dealkylation sites (tertiary alicyclic amines) is 1. The average Bonchev–Trinajstić information content (AvgIpc) is 3.16. The Morgan fingerprint density at radius 3 is 3.05 bits per heavy atom. The number of carbonyl (C=O) groups is 1. The molecular weight excluding hydrogens is 266 g/mol. The number of nitrogens with one attached hydrogen (secondary N) is 1. The molecule has 0 aromatic carbocycles. The topological polar surface area (TPSA) is 66.8 Å². The fourth-order valence-corrected chi connectivity index (χ4v) is 2.89. The number of carbonyl (C=O) groups excluding carboxylic acids is 1. The third-order valence-electron chi connectivity index (χ3n) is 4.17. The number of amides is 1. The van der Waals surface area contributed by atoms with Gasteiger partial charge < -0.3 is 9.88 Å². The molecule has 1 aliphatic rings. The second kappa shape index (κ2) is 5.71. The lowest BCUT2D eigenvalue weighted by Gasteiger charge is -2.16. The number of aromatic amines is 1. The van der Waals surface area contributed by atoms with Crippen LogP contribution in [0.4, 0.5) is 0 Å². The van der Waals surface area contributed by atoms with Gasteiger partial charge >= 0.3 is 0 Å². The molecule has 1 atom stereocenters. The van der Waals surface area contributed by atoms with E-state index in [4.69, 9.17) is 0 Å². The van der Waals surface area contributed by atoms with Crippen LogP contribution in [0.3, 0.4) is 0 Å². The number of hydrogen-bond acceptors (Lipinski definition) is 3. The third kappa shape index (κ3) is 2.99. The lowest BCUT2D eigenvalue weighted by molar-refractivity contribution is -0.130. The fraction of sp³-hybridized carbons (Fsp3) is 0.533. The molecule has 1 fully saturated rings. The van der Waals surface area contributed by atoms with Crippen LogP contribution in [0, 0.1) is 6.92 Å². The summed E-state index contributed by atoms with van der Waals surface area (Å²) in [6.07, 6.45) is 5.90. The maximum Gasteiger partial charge on any atom is 0.222 e. The van der Waals surface area contributed by atoms with Gasteiger partial charge in [0, 0.05) is 56.3 Å². The first-order valence-electron chi connectivity index (χ1n) is 7.39. The van der Waals surface area contributed by atoms with Crippen molar-refractivity contribution in [1.82, 2.24) is 24.6 Å². The zero-order valence-electron chi connectivity index (χ0n) is 12.5. The fourth-order valence-electron chi connectivity index (χ4n) is 2.89. The van der Waals surface area contributed by atoms with Crippen molar-refractivity contribution in [2.75, 3.05) is 13.1 Å². The predicted molar refractivity (Wildman–Crippen MR) is 78.8 cm³/mol. The number of rotatable bonds is 4. The number of imidazole rings is 1. The van der Waals surface area contributed by atoms with E-state index < -0.39 is 0 Å². The summed E-state index contributed by atoms with van der Waals surface area (Å²) in [7, 11) is 1.91. The molecule has 1 saturated heterocycles. The van der Waals surface area contributed by atoms with E-state index >= 15 is 0 Å². The van der Waals surface area contributed by atoms with Gasteiger partial charge in [-0.15, -0.1) is 0 Å². The molecule has 0 radical (unpaired) electrons. The molecule has 3 rings (SSSR count). The van der Waals surface area contributed by atoms with Crippen LogP contribution in [0.2, 0.25) is 0 Å². The third-order valence-corrected chi connectivity index (χ3v) is 4.17. The molecule has 0 aliphatic carbocycles. The van der Waals surface area contributed by atoms with Crippen LogP contribution in [-0.4, -0.2) is 43.6 Å². The molecule has 3 heterocycles. The van der Waals surface area contributed by atoms with Crippen molar-refractivity contribution in [2.24, 2.45) is 7.05 Å². The first kappa shape index (κ1) is 13.9. The van der Waals surface area contributed by atoms with Crippen LogP contribution >= 0.6 is 0 Å². The average molecular weight is 287 g/mol. The monoisotopic (exact) mass is 287 g/mol. The SMILES string of the molecule is Cc1cnc([C@H]2CCN(C(=O)CCc3ccnn3C)C2)[nH]1. The Morgan fingerprint density at radius 2 is 2.38 bits per heavy atom. The minimum absolute atomic E-state index is 0.224. The summed E-state index contributed by atoms with van der Waals surface area (Å²) in [5.74, 6) is 1.58. The van der Waals surface area contributed by atoms with Gasteiger partial charge in [-0.2, -0.15) is 5.10 Å². The number of H-pyrrole nitrogens is 1. The maximum atomic E-state index is 12.3. The number of aryl methyl sites for hydroxylation is 3. The summed E-state index contributed by atoms with van der Waals surface area (Å²) in [6.45, 7) is 3.61. The van der Waals surface area contributed by atoms with Gasteiger partial charge in [-0.05, 0) is 25.8 Å². The first-order chi connectivity index (χ1) is 10.1. The van der Waals surface area contributed by atoms with Gasteiger partial charge in [0.05, 0.1) is 0 Å².